The number of nitrogens with zero attached hydrogens (tertiary/aromatic N) is 2. The molecule has 0 saturated heterocycles. The molecule has 0 fully saturated rings. The lowest BCUT2D eigenvalue weighted by Gasteiger charge is -2.07. The lowest BCUT2D eigenvalue weighted by molar-refractivity contribution is 1.03. The molecule has 2 heterocycles. The smallest absolute Gasteiger partial charge is 0.127 e. The van der Waals surface area contributed by atoms with Gasteiger partial charge in [0, 0.05) is 16.6 Å². The second-order valence-corrected chi connectivity index (χ2v) is 5.46. The standard InChI is InChI=1S/C12H14N4S2/c1-7-3-9(12(13)17)4-11(15-7)14-5-10-6-18-8(2)16-10/h3-4,6H,5H2,1-2H3,(H2,13,17)(H,14,15). The number of thiazole rings is 1. The average Bonchev–Trinajstić information content (AvgIpc) is 2.72. The van der Waals surface area contributed by atoms with Crippen molar-refractivity contribution in [3.63, 3.8) is 0 Å². The van der Waals surface area contributed by atoms with Crippen LogP contribution in [-0.2, 0) is 6.54 Å². The van der Waals surface area contributed by atoms with Crippen LogP contribution in [0.15, 0.2) is 17.5 Å². The number of thiocarbonyl (C=S) groups is 1. The highest BCUT2D eigenvalue weighted by Crippen LogP contribution is 2.13. The van der Waals surface area contributed by atoms with Gasteiger partial charge in [0.15, 0.2) is 0 Å². The Bertz CT molecular complexity index is 577. The van der Waals surface area contributed by atoms with Gasteiger partial charge in [-0.15, -0.1) is 11.3 Å². The Morgan fingerprint density at radius 2 is 2.17 bits per heavy atom. The van der Waals surface area contributed by atoms with Gasteiger partial charge in [0.2, 0.25) is 0 Å². The first-order chi connectivity index (χ1) is 8.54. The normalized spacial score (nSPS) is 10.3. The zero-order chi connectivity index (χ0) is 13.1. The predicted molar refractivity (Wildman–Crippen MR) is 79.0 cm³/mol. The first-order valence-corrected chi connectivity index (χ1v) is 6.77. The summed E-state index contributed by atoms with van der Waals surface area (Å²) in [4.78, 5) is 9.15. The molecule has 0 amide bonds. The van der Waals surface area contributed by atoms with E-state index in [1.54, 1.807) is 11.3 Å². The number of rotatable bonds is 4. The number of aromatic nitrogens is 2. The Labute approximate surface area is 115 Å². The number of pyridine rings is 1. The summed E-state index contributed by atoms with van der Waals surface area (Å²) in [6.45, 7) is 4.56. The number of hydrogen-bond acceptors (Lipinski definition) is 5. The van der Waals surface area contributed by atoms with Crippen LogP contribution >= 0.6 is 23.6 Å². The fraction of sp³-hybridized carbons (Fsp3) is 0.250. The lowest BCUT2D eigenvalue weighted by atomic mass is 10.2. The van der Waals surface area contributed by atoms with Crippen molar-refractivity contribution in [1.29, 1.82) is 0 Å². The second kappa shape index (κ2) is 5.41. The summed E-state index contributed by atoms with van der Waals surface area (Å²) in [5.41, 5.74) is 8.35. The van der Waals surface area contributed by atoms with Gasteiger partial charge in [0.05, 0.1) is 17.2 Å². The van der Waals surface area contributed by atoms with Crippen molar-refractivity contribution < 1.29 is 0 Å². The molecule has 94 valence electrons. The van der Waals surface area contributed by atoms with Gasteiger partial charge in [-0.1, -0.05) is 12.2 Å². The Kier molecular flexibility index (Phi) is 3.88. The molecule has 0 atom stereocenters. The summed E-state index contributed by atoms with van der Waals surface area (Å²) in [6, 6.07) is 3.73. The molecule has 4 nitrogen and oxygen atoms in total. The van der Waals surface area contributed by atoms with Crippen LogP contribution in [0.5, 0.6) is 0 Å². The van der Waals surface area contributed by atoms with Crippen molar-refractivity contribution in [3.05, 3.63) is 39.5 Å². The van der Waals surface area contributed by atoms with Gasteiger partial charge in [-0.05, 0) is 26.0 Å². The van der Waals surface area contributed by atoms with Crippen molar-refractivity contribution in [2.75, 3.05) is 5.32 Å². The van der Waals surface area contributed by atoms with Crippen LogP contribution in [0.4, 0.5) is 5.82 Å². The predicted octanol–water partition coefficient (Wildman–Crippen LogP) is 2.40. The molecule has 3 N–H and O–H groups in total. The third kappa shape index (κ3) is 3.24. The van der Waals surface area contributed by atoms with Crippen molar-refractivity contribution in [1.82, 2.24) is 9.97 Å². The highest BCUT2D eigenvalue weighted by Gasteiger charge is 2.03. The maximum Gasteiger partial charge on any atom is 0.127 e. The number of aryl methyl sites for hydroxylation is 2. The Hall–Kier alpha value is -1.53. The van der Waals surface area contributed by atoms with Crippen LogP contribution in [-0.4, -0.2) is 15.0 Å². The molecule has 0 bridgehead atoms. The second-order valence-electron chi connectivity index (χ2n) is 3.96. The highest BCUT2D eigenvalue weighted by atomic mass is 32.1. The molecule has 0 saturated carbocycles. The van der Waals surface area contributed by atoms with Crippen molar-refractivity contribution in [2.24, 2.45) is 5.73 Å². The fourth-order valence-corrected chi connectivity index (χ4v) is 2.30. The third-order valence-corrected chi connectivity index (χ3v) is 3.41. The molecule has 0 unspecified atom stereocenters. The van der Waals surface area contributed by atoms with E-state index < -0.39 is 0 Å². The minimum absolute atomic E-state index is 0.382. The molecule has 0 spiro atoms. The molecule has 2 aromatic heterocycles. The van der Waals surface area contributed by atoms with Gasteiger partial charge in [-0.3, -0.25) is 0 Å². The van der Waals surface area contributed by atoms with Crippen molar-refractivity contribution in [3.8, 4) is 0 Å². The summed E-state index contributed by atoms with van der Waals surface area (Å²) in [6.07, 6.45) is 0. The lowest BCUT2D eigenvalue weighted by Crippen LogP contribution is -2.11. The average molecular weight is 278 g/mol. The van der Waals surface area contributed by atoms with E-state index in [1.807, 2.05) is 31.4 Å². The van der Waals surface area contributed by atoms with E-state index in [-0.39, 0.29) is 0 Å². The first kappa shape index (κ1) is 12.9. The van der Waals surface area contributed by atoms with Gasteiger partial charge in [-0.25, -0.2) is 9.97 Å². The third-order valence-electron chi connectivity index (χ3n) is 2.36. The molecule has 18 heavy (non-hydrogen) atoms. The molecule has 0 aliphatic rings. The van der Waals surface area contributed by atoms with Crippen LogP contribution in [0, 0.1) is 13.8 Å². The number of anilines is 1. The van der Waals surface area contributed by atoms with Crippen LogP contribution in [0.25, 0.3) is 0 Å². The fourth-order valence-electron chi connectivity index (χ4n) is 1.57. The van der Waals surface area contributed by atoms with E-state index in [9.17, 15) is 0 Å². The SMILES string of the molecule is Cc1cc(C(N)=S)cc(NCc2csc(C)n2)n1. The molecule has 2 aromatic rings. The van der Waals surface area contributed by atoms with Crippen molar-refractivity contribution in [2.45, 2.75) is 20.4 Å². The minimum atomic E-state index is 0.382. The summed E-state index contributed by atoms with van der Waals surface area (Å²) in [7, 11) is 0. The zero-order valence-corrected chi connectivity index (χ0v) is 11.9. The topological polar surface area (TPSA) is 63.8 Å². The summed E-state index contributed by atoms with van der Waals surface area (Å²) in [5.74, 6) is 0.767. The maximum atomic E-state index is 5.63. The Morgan fingerprint density at radius 3 is 2.78 bits per heavy atom. The monoisotopic (exact) mass is 278 g/mol. The molecule has 6 heteroatoms. The molecule has 2 rings (SSSR count). The Morgan fingerprint density at radius 1 is 1.39 bits per heavy atom. The quantitative estimate of drug-likeness (QED) is 0.841. The molecule has 0 aliphatic carbocycles. The van der Waals surface area contributed by atoms with Crippen LogP contribution in [0.3, 0.4) is 0 Å². The van der Waals surface area contributed by atoms with Gasteiger partial charge in [0.1, 0.15) is 10.8 Å². The number of nitrogens with one attached hydrogen (secondary N) is 1. The van der Waals surface area contributed by atoms with E-state index in [0.29, 0.717) is 11.5 Å². The largest absolute Gasteiger partial charge is 0.389 e. The van der Waals surface area contributed by atoms with Crippen molar-refractivity contribution >= 4 is 34.4 Å². The van der Waals surface area contributed by atoms with E-state index in [1.165, 1.54) is 0 Å². The van der Waals surface area contributed by atoms with E-state index in [0.717, 1.165) is 27.8 Å². The summed E-state index contributed by atoms with van der Waals surface area (Å²) in [5, 5.41) is 6.33. The molecule has 0 radical (unpaired) electrons. The first-order valence-electron chi connectivity index (χ1n) is 5.48. The minimum Gasteiger partial charge on any atom is -0.389 e. The van der Waals surface area contributed by atoms with Gasteiger partial charge >= 0.3 is 0 Å². The highest BCUT2D eigenvalue weighted by molar-refractivity contribution is 7.80. The molecular weight excluding hydrogens is 264 g/mol. The molecule has 0 aromatic carbocycles. The number of nitrogens with two attached hydrogens (primary N) is 1. The summed E-state index contributed by atoms with van der Waals surface area (Å²) < 4.78 is 0. The zero-order valence-electron chi connectivity index (χ0n) is 10.2. The van der Waals surface area contributed by atoms with E-state index in [2.05, 4.69) is 15.3 Å². The van der Waals surface area contributed by atoms with Crippen LogP contribution in [0.2, 0.25) is 0 Å². The molecule has 0 aliphatic heterocycles. The van der Waals surface area contributed by atoms with Gasteiger partial charge in [-0.2, -0.15) is 0 Å². The number of hydrogen-bond donors (Lipinski definition) is 2. The summed E-state index contributed by atoms with van der Waals surface area (Å²) >= 11 is 6.61. The maximum absolute atomic E-state index is 5.63. The van der Waals surface area contributed by atoms with Crippen LogP contribution < -0.4 is 11.1 Å². The van der Waals surface area contributed by atoms with Gasteiger partial charge < -0.3 is 11.1 Å². The van der Waals surface area contributed by atoms with E-state index >= 15 is 0 Å². The Balaban J connectivity index is 2.11. The van der Waals surface area contributed by atoms with Crippen LogP contribution in [0.1, 0.15) is 22.0 Å². The van der Waals surface area contributed by atoms with Gasteiger partial charge in [0.25, 0.3) is 0 Å². The molecular formula is C12H14N4S2. The van der Waals surface area contributed by atoms with E-state index in [4.69, 9.17) is 18.0 Å².